The van der Waals surface area contributed by atoms with E-state index in [0.717, 1.165) is 80.4 Å². The van der Waals surface area contributed by atoms with Crippen LogP contribution in [-0.2, 0) is 0 Å². The highest BCUT2D eigenvalue weighted by Gasteiger charge is 2.16. The lowest BCUT2D eigenvalue weighted by Crippen LogP contribution is -2.23. The van der Waals surface area contributed by atoms with Gasteiger partial charge in [0.25, 0.3) is 0 Å². The van der Waals surface area contributed by atoms with Crippen LogP contribution in [0.15, 0.2) is 109 Å². The zero-order valence-electron chi connectivity index (χ0n) is 23.5. The zero-order chi connectivity index (χ0) is 28.1. The Kier molecular flexibility index (Phi) is 8.07. The molecular weight excluding hydrogens is 488 g/mol. The van der Waals surface area contributed by atoms with Gasteiger partial charge in [-0.25, -0.2) is 0 Å². The Bertz CT molecular complexity index is 1800. The van der Waals surface area contributed by atoms with Crippen molar-refractivity contribution in [1.82, 2.24) is 14.9 Å². The molecule has 0 bridgehead atoms. The van der Waals surface area contributed by atoms with Gasteiger partial charge in [0.05, 0.1) is 11.4 Å². The number of aromatic amines is 1. The lowest BCUT2D eigenvalue weighted by atomic mass is 9.97. The molecule has 0 saturated carbocycles. The van der Waals surface area contributed by atoms with Crippen LogP contribution in [0.3, 0.4) is 0 Å². The van der Waals surface area contributed by atoms with Crippen LogP contribution in [0.4, 0.5) is 0 Å². The number of H-pyrrole nitrogens is 1. The summed E-state index contributed by atoms with van der Waals surface area (Å²) in [6.45, 7) is 11.2. The van der Waals surface area contributed by atoms with E-state index in [4.69, 9.17) is 10.4 Å². The fraction of sp³-hybridized carbons (Fsp3) is 0.167. The maximum absolute atomic E-state index is 7.73. The first-order chi connectivity index (χ1) is 19.4. The van der Waals surface area contributed by atoms with Crippen LogP contribution in [0.2, 0.25) is 0 Å². The SMILES string of the molecule is C=c1ccc(-c2c(-c3cccc(C)n3)[nH]c3ccccc23)c/c1=C/C(=C\C)C1=CN(CCCC(C)=N)C=CC=C1. The standard InChI is InChI=1S/C36H36N4/c1-5-28(30-14-8-9-20-40(24-30)21-11-12-26(3)37)22-31-23-29(19-18-25(31)2)35-32-15-6-7-16-33(32)39-36(35)34-17-10-13-27(4)38-34/h5-10,13-20,22-24,37,39H,2,11-12,21H2,1,3-4H3/b28-5+,31-22-,37-26?. The second-order valence-corrected chi connectivity index (χ2v) is 10.3. The number of benzene rings is 2. The smallest absolute Gasteiger partial charge is 0.0874 e. The summed E-state index contributed by atoms with van der Waals surface area (Å²) in [5, 5.41) is 11.0. The minimum Gasteiger partial charge on any atom is -0.354 e. The molecule has 0 radical (unpaired) electrons. The predicted octanol–water partition coefficient (Wildman–Crippen LogP) is 7.43. The highest BCUT2D eigenvalue weighted by Crippen LogP contribution is 2.37. The molecule has 5 rings (SSSR count). The number of rotatable bonds is 8. The summed E-state index contributed by atoms with van der Waals surface area (Å²) in [5.41, 5.74) is 9.31. The van der Waals surface area contributed by atoms with Crippen molar-refractivity contribution >= 4 is 29.3 Å². The quantitative estimate of drug-likeness (QED) is 0.236. The molecule has 0 amide bonds. The van der Waals surface area contributed by atoms with Gasteiger partial charge in [0.15, 0.2) is 0 Å². The van der Waals surface area contributed by atoms with Gasteiger partial charge in [0.1, 0.15) is 0 Å². The number of nitrogens with zero attached hydrogens (tertiary/aromatic N) is 2. The molecule has 1 aliphatic heterocycles. The molecule has 0 aliphatic carbocycles. The molecule has 0 fully saturated rings. The van der Waals surface area contributed by atoms with Crippen molar-refractivity contribution in [3.63, 3.8) is 0 Å². The Morgan fingerprint density at radius 3 is 2.73 bits per heavy atom. The van der Waals surface area contributed by atoms with Crippen molar-refractivity contribution in [3.05, 3.63) is 125 Å². The third kappa shape index (κ3) is 5.97. The molecule has 3 heterocycles. The first-order valence-electron chi connectivity index (χ1n) is 13.8. The lowest BCUT2D eigenvalue weighted by molar-refractivity contribution is 0.493. The molecule has 2 aromatic carbocycles. The Hall–Kier alpha value is -4.70. The van der Waals surface area contributed by atoms with Crippen LogP contribution in [0.25, 0.3) is 46.1 Å². The molecule has 1 aliphatic rings. The largest absolute Gasteiger partial charge is 0.354 e. The van der Waals surface area contributed by atoms with E-state index in [1.807, 2.05) is 19.9 Å². The Labute approximate surface area is 236 Å². The lowest BCUT2D eigenvalue weighted by Gasteiger charge is -2.16. The molecule has 0 unspecified atom stereocenters. The molecule has 0 atom stereocenters. The van der Waals surface area contributed by atoms with Crippen LogP contribution < -0.4 is 10.4 Å². The Morgan fingerprint density at radius 1 is 1.07 bits per heavy atom. The summed E-state index contributed by atoms with van der Waals surface area (Å²) in [4.78, 5) is 10.7. The number of para-hydroxylation sites is 1. The molecule has 200 valence electrons. The van der Waals surface area contributed by atoms with Crippen LogP contribution in [-0.4, -0.2) is 27.1 Å². The highest BCUT2D eigenvalue weighted by molar-refractivity contribution is 6.03. The monoisotopic (exact) mass is 524 g/mol. The maximum atomic E-state index is 7.73. The molecule has 4 heteroatoms. The van der Waals surface area contributed by atoms with Crippen molar-refractivity contribution in [3.8, 4) is 22.5 Å². The predicted molar refractivity (Wildman–Crippen MR) is 170 cm³/mol. The van der Waals surface area contributed by atoms with E-state index >= 15 is 0 Å². The highest BCUT2D eigenvalue weighted by atomic mass is 15.1. The van der Waals surface area contributed by atoms with Crippen molar-refractivity contribution < 1.29 is 0 Å². The molecule has 2 N–H and O–H groups in total. The van der Waals surface area contributed by atoms with Gasteiger partial charge in [-0.15, -0.1) is 0 Å². The van der Waals surface area contributed by atoms with E-state index in [2.05, 4.69) is 121 Å². The third-order valence-corrected chi connectivity index (χ3v) is 7.18. The fourth-order valence-electron chi connectivity index (χ4n) is 5.12. The number of nitrogens with one attached hydrogen (secondary N) is 2. The number of pyridine rings is 1. The zero-order valence-corrected chi connectivity index (χ0v) is 23.5. The number of aryl methyl sites for hydroxylation is 1. The van der Waals surface area contributed by atoms with E-state index in [9.17, 15) is 0 Å². The van der Waals surface area contributed by atoms with Crippen molar-refractivity contribution in [2.45, 2.75) is 33.6 Å². The normalized spacial score (nSPS) is 14.1. The maximum Gasteiger partial charge on any atom is 0.0874 e. The number of hydrogen-bond acceptors (Lipinski definition) is 3. The second kappa shape index (κ2) is 12.0. The first-order valence-corrected chi connectivity index (χ1v) is 13.8. The van der Waals surface area contributed by atoms with E-state index in [-0.39, 0.29) is 0 Å². The summed E-state index contributed by atoms with van der Waals surface area (Å²) in [6, 6.07) is 21.1. The van der Waals surface area contributed by atoms with Gasteiger partial charge in [0.2, 0.25) is 0 Å². The van der Waals surface area contributed by atoms with Gasteiger partial charge in [-0.1, -0.05) is 61.2 Å². The number of hydrogen-bond donors (Lipinski definition) is 2. The summed E-state index contributed by atoms with van der Waals surface area (Å²) >= 11 is 0. The Balaban J connectivity index is 1.58. The molecule has 0 spiro atoms. The minimum absolute atomic E-state index is 0.725. The van der Waals surface area contributed by atoms with Crippen LogP contribution >= 0.6 is 0 Å². The first kappa shape index (κ1) is 26.9. The van der Waals surface area contributed by atoms with E-state index in [1.165, 1.54) is 5.39 Å². The number of allylic oxidation sites excluding steroid dienone is 6. The second-order valence-electron chi connectivity index (χ2n) is 10.3. The van der Waals surface area contributed by atoms with E-state index < -0.39 is 0 Å². The third-order valence-electron chi connectivity index (χ3n) is 7.18. The Morgan fingerprint density at radius 2 is 1.93 bits per heavy atom. The van der Waals surface area contributed by atoms with Crippen molar-refractivity contribution in [1.29, 1.82) is 5.41 Å². The summed E-state index contributed by atoms with van der Waals surface area (Å²) in [7, 11) is 0. The number of aromatic nitrogens is 2. The topological polar surface area (TPSA) is 55.8 Å². The van der Waals surface area contributed by atoms with Crippen LogP contribution in [0, 0.1) is 12.3 Å². The average Bonchev–Trinajstić information content (AvgIpc) is 3.18. The molecular formula is C36H36N4. The molecule has 40 heavy (non-hydrogen) atoms. The molecule has 4 aromatic rings. The van der Waals surface area contributed by atoms with E-state index in [0.29, 0.717) is 0 Å². The van der Waals surface area contributed by atoms with Gasteiger partial charge in [-0.3, -0.25) is 4.98 Å². The van der Waals surface area contributed by atoms with Gasteiger partial charge >= 0.3 is 0 Å². The average molecular weight is 525 g/mol. The summed E-state index contributed by atoms with van der Waals surface area (Å²) in [6.07, 6.45) is 16.7. The summed E-state index contributed by atoms with van der Waals surface area (Å²) in [5.74, 6) is 0. The fourth-order valence-corrected chi connectivity index (χ4v) is 5.12. The minimum atomic E-state index is 0.725. The van der Waals surface area contributed by atoms with Crippen molar-refractivity contribution in [2.75, 3.05) is 6.54 Å². The molecule has 2 aromatic heterocycles. The van der Waals surface area contributed by atoms with E-state index in [1.54, 1.807) is 0 Å². The molecule has 4 nitrogen and oxygen atoms in total. The van der Waals surface area contributed by atoms with Gasteiger partial charge < -0.3 is 15.3 Å². The van der Waals surface area contributed by atoms with Gasteiger partial charge in [-0.2, -0.15) is 0 Å². The van der Waals surface area contributed by atoms with Gasteiger partial charge in [-0.05, 0) is 97.2 Å². The summed E-state index contributed by atoms with van der Waals surface area (Å²) < 4.78 is 0. The van der Waals surface area contributed by atoms with Crippen LogP contribution in [0.1, 0.15) is 32.4 Å². The van der Waals surface area contributed by atoms with Gasteiger partial charge in [0, 0.05) is 46.8 Å². The number of fused-ring (bicyclic) bond motifs is 1. The van der Waals surface area contributed by atoms with Crippen molar-refractivity contribution in [2.24, 2.45) is 0 Å². The molecule has 0 saturated heterocycles. The van der Waals surface area contributed by atoms with Crippen LogP contribution in [0.5, 0.6) is 0 Å².